The highest BCUT2D eigenvalue weighted by molar-refractivity contribution is 7.92. The number of nitrogens with zero attached hydrogens (tertiary/aromatic N) is 2. The molecular weight excluding hydrogens is 538 g/mol. The van der Waals surface area contributed by atoms with Crippen LogP contribution in [0.2, 0.25) is 5.02 Å². The molecular formula is C29H34ClN3O5S. The highest BCUT2D eigenvalue weighted by Crippen LogP contribution is 2.26. The van der Waals surface area contributed by atoms with Crippen molar-refractivity contribution in [3.05, 3.63) is 89.4 Å². The molecule has 0 aliphatic carbocycles. The number of carbonyl (C=O) groups is 2. The van der Waals surface area contributed by atoms with Gasteiger partial charge in [0.15, 0.2) is 0 Å². The van der Waals surface area contributed by atoms with E-state index in [2.05, 4.69) is 5.32 Å². The van der Waals surface area contributed by atoms with Gasteiger partial charge >= 0.3 is 0 Å². The lowest BCUT2D eigenvalue weighted by molar-refractivity contribution is -0.139. The zero-order valence-electron chi connectivity index (χ0n) is 22.5. The van der Waals surface area contributed by atoms with Crippen LogP contribution in [0.25, 0.3) is 0 Å². The van der Waals surface area contributed by atoms with E-state index >= 15 is 0 Å². The van der Waals surface area contributed by atoms with Gasteiger partial charge in [0.1, 0.15) is 18.3 Å². The Labute approximate surface area is 235 Å². The lowest BCUT2D eigenvalue weighted by Gasteiger charge is -2.32. The fraction of sp³-hybridized carbons (Fsp3) is 0.310. The van der Waals surface area contributed by atoms with Crippen LogP contribution in [-0.4, -0.2) is 50.4 Å². The number of carbonyl (C=O) groups excluding carboxylic acids is 2. The number of benzene rings is 3. The van der Waals surface area contributed by atoms with Crippen molar-refractivity contribution in [3.63, 3.8) is 0 Å². The van der Waals surface area contributed by atoms with Gasteiger partial charge in [0.25, 0.3) is 10.0 Å². The van der Waals surface area contributed by atoms with Crippen molar-refractivity contribution >= 4 is 39.1 Å². The van der Waals surface area contributed by atoms with Gasteiger partial charge in [0.2, 0.25) is 11.8 Å². The summed E-state index contributed by atoms with van der Waals surface area (Å²) in [6, 6.07) is 20.3. The monoisotopic (exact) mass is 571 g/mol. The van der Waals surface area contributed by atoms with E-state index in [9.17, 15) is 18.0 Å². The number of rotatable bonds is 12. The van der Waals surface area contributed by atoms with E-state index < -0.39 is 28.5 Å². The minimum absolute atomic E-state index is 0.0431. The largest absolute Gasteiger partial charge is 0.494 e. The Morgan fingerprint density at radius 1 is 0.923 bits per heavy atom. The maximum atomic E-state index is 13.9. The molecule has 0 unspecified atom stereocenters. The second kappa shape index (κ2) is 13.5. The van der Waals surface area contributed by atoms with Gasteiger partial charge in [-0.25, -0.2) is 8.42 Å². The molecule has 0 saturated carbocycles. The van der Waals surface area contributed by atoms with E-state index in [-0.39, 0.29) is 23.4 Å². The maximum Gasteiger partial charge on any atom is 0.264 e. The van der Waals surface area contributed by atoms with E-state index in [1.54, 1.807) is 73.7 Å². The van der Waals surface area contributed by atoms with Crippen LogP contribution in [0.4, 0.5) is 5.69 Å². The normalized spacial score (nSPS) is 12.1. The van der Waals surface area contributed by atoms with E-state index in [0.29, 0.717) is 23.1 Å². The summed E-state index contributed by atoms with van der Waals surface area (Å²) < 4.78 is 34.1. The first-order valence-corrected chi connectivity index (χ1v) is 14.5. The Kier molecular flexibility index (Phi) is 10.4. The third-order valence-electron chi connectivity index (χ3n) is 5.91. The summed E-state index contributed by atoms with van der Waals surface area (Å²) in [6.07, 6.45) is 0. The average Bonchev–Trinajstić information content (AvgIpc) is 2.91. The molecule has 0 radical (unpaired) electrons. The Morgan fingerprint density at radius 3 is 2.10 bits per heavy atom. The Morgan fingerprint density at radius 2 is 1.54 bits per heavy atom. The van der Waals surface area contributed by atoms with Gasteiger partial charge in [-0.2, -0.15) is 0 Å². The zero-order chi connectivity index (χ0) is 28.6. The van der Waals surface area contributed by atoms with Gasteiger partial charge in [-0.05, 0) is 81.8 Å². The lowest BCUT2D eigenvalue weighted by atomic mass is 10.1. The first kappa shape index (κ1) is 30.0. The second-order valence-electron chi connectivity index (χ2n) is 9.24. The fourth-order valence-corrected chi connectivity index (χ4v) is 5.46. The van der Waals surface area contributed by atoms with Crippen LogP contribution in [-0.2, 0) is 26.2 Å². The second-order valence-corrected chi connectivity index (χ2v) is 11.5. The molecule has 3 aromatic carbocycles. The quantitative estimate of drug-likeness (QED) is 0.334. The topological polar surface area (TPSA) is 96.0 Å². The number of hydrogen-bond donors (Lipinski definition) is 1. The summed E-state index contributed by atoms with van der Waals surface area (Å²) in [4.78, 5) is 28.2. The summed E-state index contributed by atoms with van der Waals surface area (Å²) in [5.41, 5.74) is 1.04. The third kappa shape index (κ3) is 7.97. The molecule has 8 nitrogen and oxygen atoms in total. The highest BCUT2D eigenvalue weighted by Gasteiger charge is 2.32. The van der Waals surface area contributed by atoms with Crippen molar-refractivity contribution in [1.29, 1.82) is 0 Å². The Bertz CT molecular complexity index is 1350. The SMILES string of the molecule is CCOc1ccc(N(CC(=O)N(Cc2ccc(Cl)cc2)[C@@H](C)C(=O)NC(C)C)S(=O)(=O)c2ccccc2)cc1. The van der Waals surface area contributed by atoms with Crippen molar-refractivity contribution in [3.8, 4) is 5.75 Å². The van der Waals surface area contributed by atoms with Gasteiger partial charge in [-0.15, -0.1) is 0 Å². The Balaban J connectivity index is 2.01. The van der Waals surface area contributed by atoms with Crippen LogP contribution >= 0.6 is 11.6 Å². The molecule has 10 heteroatoms. The van der Waals surface area contributed by atoms with Gasteiger partial charge in [0, 0.05) is 17.6 Å². The fourth-order valence-electron chi connectivity index (χ4n) is 3.90. The molecule has 0 heterocycles. The molecule has 0 fully saturated rings. The zero-order valence-corrected chi connectivity index (χ0v) is 24.1. The predicted molar refractivity (Wildman–Crippen MR) is 153 cm³/mol. The van der Waals surface area contributed by atoms with E-state index in [0.717, 1.165) is 9.87 Å². The first-order valence-electron chi connectivity index (χ1n) is 12.7. The molecule has 1 atom stereocenters. The predicted octanol–water partition coefficient (Wildman–Crippen LogP) is 4.88. The number of hydrogen-bond acceptors (Lipinski definition) is 5. The van der Waals surface area contributed by atoms with Crippen LogP contribution < -0.4 is 14.4 Å². The van der Waals surface area contributed by atoms with Crippen LogP contribution in [0, 0.1) is 0 Å². The third-order valence-corrected chi connectivity index (χ3v) is 7.95. The molecule has 2 amide bonds. The standard InChI is InChI=1S/C29H34ClN3O5S/c1-5-38-26-17-15-25(16-18-26)33(39(36,37)27-9-7-6-8-10-27)20-28(34)32(22(4)29(35)31-21(2)3)19-23-11-13-24(30)14-12-23/h6-18,21-22H,5,19-20H2,1-4H3,(H,31,35)/t22-/m0/s1. The summed E-state index contributed by atoms with van der Waals surface area (Å²) in [5, 5.41) is 3.37. The molecule has 0 aliphatic heterocycles. The Hall–Kier alpha value is -3.56. The number of nitrogens with one attached hydrogen (secondary N) is 1. The molecule has 208 valence electrons. The summed E-state index contributed by atoms with van der Waals surface area (Å²) in [6.45, 7) is 7.17. The number of amides is 2. The van der Waals surface area contributed by atoms with Crippen molar-refractivity contribution in [2.75, 3.05) is 17.5 Å². The summed E-state index contributed by atoms with van der Waals surface area (Å²) in [5.74, 6) is -0.302. The number of ether oxygens (including phenoxy) is 1. The molecule has 0 aliphatic rings. The van der Waals surface area contributed by atoms with Crippen molar-refractivity contribution in [1.82, 2.24) is 10.2 Å². The molecule has 0 aromatic heterocycles. The van der Waals surface area contributed by atoms with Crippen LogP contribution in [0.5, 0.6) is 5.75 Å². The van der Waals surface area contributed by atoms with Gasteiger partial charge in [-0.1, -0.05) is 41.9 Å². The first-order chi connectivity index (χ1) is 18.5. The molecule has 1 N–H and O–H groups in total. The van der Waals surface area contributed by atoms with Crippen molar-refractivity contribution in [2.24, 2.45) is 0 Å². The van der Waals surface area contributed by atoms with Crippen LogP contribution in [0.1, 0.15) is 33.3 Å². The van der Waals surface area contributed by atoms with E-state index in [1.807, 2.05) is 20.8 Å². The molecule has 39 heavy (non-hydrogen) atoms. The van der Waals surface area contributed by atoms with Gasteiger partial charge < -0.3 is 15.0 Å². The minimum Gasteiger partial charge on any atom is -0.494 e. The molecule has 0 spiro atoms. The van der Waals surface area contributed by atoms with Gasteiger partial charge in [0.05, 0.1) is 17.2 Å². The van der Waals surface area contributed by atoms with E-state index in [4.69, 9.17) is 16.3 Å². The number of sulfonamides is 1. The molecule has 0 bridgehead atoms. The number of halogens is 1. The van der Waals surface area contributed by atoms with E-state index in [1.165, 1.54) is 17.0 Å². The molecule has 0 saturated heterocycles. The van der Waals surface area contributed by atoms with Crippen molar-refractivity contribution in [2.45, 2.75) is 51.2 Å². The summed E-state index contributed by atoms with van der Waals surface area (Å²) in [7, 11) is -4.12. The minimum atomic E-state index is -4.12. The lowest BCUT2D eigenvalue weighted by Crippen LogP contribution is -2.52. The van der Waals surface area contributed by atoms with Crippen LogP contribution in [0.15, 0.2) is 83.8 Å². The number of anilines is 1. The average molecular weight is 572 g/mol. The smallest absolute Gasteiger partial charge is 0.264 e. The van der Waals surface area contributed by atoms with Gasteiger partial charge in [-0.3, -0.25) is 13.9 Å². The van der Waals surface area contributed by atoms with Crippen molar-refractivity contribution < 1.29 is 22.7 Å². The highest BCUT2D eigenvalue weighted by atomic mass is 35.5. The summed E-state index contributed by atoms with van der Waals surface area (Å²) >= 11 is 6.03. The maximum absolute atomic E-state index is 13.9. The molecule has 3 rings (SSSR count). The van der Waals surface area contributed by atoms with Crippen LogP contribution in [0.3, 0.4) is 0 Å². The molecule has 3 aromatic rings.